The summed E-state index contributed by atoms with van der Waals surface area (Å²) in [5, 5.41) is 18.7. The lowest BCUT2D eigenvalue weighted by Gasteiger charge is -2.01. The van der Waals surface area contributed by atoms with E-state index in [1.807, 2.05) is 12.2 Å². The average Bonchev–Trinajstić information content (AvgIpc) is 2.74. The molecule has 1 aromatic heterocycles. The van der Waals surface area contributed by atoms with Gasteiger partial charge in [0.25, 0.3) is 0 Å². The maximum absolute atomic E-state index is 9.53. The molecular formula is C12H12N2O2. The lowest BCUT2D eigenvalue weighted by Crippen LogP contribution is -1.82. The highest BCUT2D eigenvalue weighted by atomic mass is 16.3. The molecule has 1 heterocycles. The quantitative estimate of drug-likeness (QED) is 0.735. The molecule has 1 aromatic carbocycles. The van der Waals surface area contributed by atoms with Crippen molar-refractivity contribution in [1.82, 2.24) is 9.97 Å². The molecule has 2 aromatic rings. The molecule has 3 N–H and O–H groups in total. The van der Waals surface area contributed by atoms with Gasteiger partial charge in [-0.2, -0.15) is 0 Å². The molecule has 4 heteroatoms. The third kappa shape index (κ3) is 2.42. The topological polar surface area (TPSA) is 69.1 Å². The maximum atomic E-state index is 9.53. The van der Waals surface area contributed by atoms with Crippen molar-refractivity contribution in [2.24, 2.45) is 0 Å². The Morgan fingerprint density at radius 1 is 1.31 bits per heavy atom. The first-order chi connectivity index (χ1) is 7.75. The van der Waals surface area contributed by atoms with Gasteiger partial charge in [-0.25, -0.2) is 4.98 Å². The number of nitrogens with zero attached hydrogens (tertiary/aromatic N) is 1. The number of aromatic hydroxyl groups is 2. The van der Waals surface area contributed by atoms with E-state index in [0.29, 0.717) is 6.42 Å². The molecule has 0 radical (unpaired) electrons. The van der Waals surface area contributed by atoms with E-state index in [9.17, 15) is 5.11 Å². The molecule has 0 fully saturated rings. The number of phenolic OH excluding ortho intramolecular Hbond substituents is 2. The third-order valence-corrected chi connectivity index (χ3v) is 2.22. The number of imidazole rings is 1. The molecule has 16 heavy (non-hydrogen) atoms. The average molecular weight is 216 g/mol. The standard InChI is InChI=1S/C12H12N2O2/c15-11-5-4-9(12(16)6-11)2-1-3-10-7-13-8-14-10/h1,3-8,15-16H,2H2,(H,13,14)/b3-1+. The van der Waals surface area contributed by atoms with Crippen LogP contribution in [0.25, 0.3) is 6.08 Å². The summed E-state index contributed by atoms with van der Waals surface area (Å²) in [5.74, 6) is 0.174. The predicted molar refractivity (Wildman–Crippen MR) is 61.1 cm³/mol. The van der Waals surface area contributed by atoms with Crippen LogP contribution in [0.2, 0.25) is 0 Å². The largest absolute Gasteiger partial charge is 0.508 e. The van der Waals surface area contributed by atoms with Crippen LogP contribution in [0.3, 0.4) is 0 Å². The van der Waals surface area contributed by atoms with E-state index in [0.717, 1.165) is 11.3 Å². The molecular weight excluding hydrogens is 204 g/mol. The van der Waals surface area contributed by atoms with Crippen LogP contribution < -0.4 is 0 Å². The normalized spacial score (nSPS) is 11.0. The third-order valence-electron chi connectivity index (χ3n) is 2.22. The van der Waals surface area contributed by atoms with Crippen molar-refractivity contribution in [1.29, 1.82) is 0 Å². The predicted octanol–water partition coefficient (Wildman–Crippen LogP) is 2.08. The summed E-state index contributed by atoms with van der Waals surface area (Å²) in [6.45, 7) is 0. The number of benzene rings is 1. The highest BCUT2D eigenvalue weighted by Gasteiger charge is 1.99. The zero-order chi connectivity index (χ0) is 11.4. The number of rotatable bonds is 3. The Labute approximate surface area is 92.9 Å². The van der Waals surface area contributed by atoms with Gasteiger partial charge in [-0.1, -0.05) is 12.1 Å². The Bertz CT molecular complexity index is 490. The van der Waals surface area contributed by atoms with Crippen LogP contribution in [0, 0.1) is 0 Å². The van der Waals surface area contributed by atoms with Crippen LogP contribution in [-0.4, -0.2) is 20.2 Å². The highest BCUT2D eigenvalue weighted by molar-refractivity contribution is 5.46. The lowest BCUT2D eigenvalue weighted by molar-refractivity contribution is 0.447. The summed E-state index contributed by atoms with van der Waals surface area (Å²) in [5.41, 5.74) is 1.69. The zero-order valence-electron chi connectivity index (χ0n) is 8.59. The van der Waals surface area contributed by atoms with Gasteiger partial charge in [0.05, 0.1) is 18.2 Å². The summed E-state index contributed by atoms with van der Waals surface area (Å²) in [6.07, 6.45) is 7.73. The SMILES string of the molecule is Oc1ccc(C/C=C/c2cnc[nH]2)c(O)c1. The first-order valence-electron chi connectivity index (χ1n) is 4.91. The molecule has 4 nitrogen and oxygen atoms in total. The van der Waals surface area contributed by atoms with Gasteiger partial charge in [-0.3, -0.25) is 0 Å². The second kappa shape index (κ2) is 4.53. The van der Waals surface area contributed by atoms with Crippen LogP contribution >= 0.6 is 0 Å². The fourth-order valence-electron chi connectivity index (χ4n) is 1.40. The number of allylic oxidation sites excluding steroid dienone is 1. The van der Waals surface area contributed by atoms with Gasteiger partial charge in [0.2, 0.25) is 0 Å². The summed E-state index contributed by atoms with van der Waals surface area (Å²) in [7, 11) is 0. The van der Waals surface area contributed by atoms with Crippen LogP contribution in [-0.2, 0) is 6.42 Å². The fourth-order valence-corrected chi connectivity index (χ4v) is 1.40. The molecule has 82 valence electrons. The van der Waals surface area contributed by atoms with Crippen LogP contribution in [0.4, 0.5) is 0 Å². The number of aromatic amines is 1. The van der Waals surface area contributed by atoms with E-state index in [1.165, 1.54) is 6.07 Å². The van der Waals surface area contributed by atoms with E-state index >= 15 is 0 Å². The van der Waals surface area contributed by atoms with E-state index < -0.39 is 0 Å². The van der Waals surface area contributed by atoms with Crippen molar-refractivity contribution in [3.8, 4) is 11.5 Å². The molecule has 0 unspecified atom stereocenters. The van der Waals surface area contributed by atoms with Crippen LogP contribution in [0.5, 0.6) is 11.5 Å². The summed E-state index contributed by atoms with van der Waals surface area (Å²) in [4.78, 5) is 6.83. The summed E-state index contributed by atoms with van der Waals surface area (Å²) >= 11 is 0. The number of H-pyrrole nitrogens is 1. The minimum absolute atomic E-state index is 0.0683. The first kappa shape index (κ1) is 10.3. The van der Waals surface area contributed by atoms with Crippen molar-refractivity contribution in [3.63, 3.8) is 0 Å². The molecule has 0 aliphatic rings. The van der Waals surface area contributed by atoms with Crippen molar-refractivity contribution < 1.29 is 10.2 Å². The van der Waals surface area contributed by atoms with Gasteiger partial charge in [0, 0.05) is 6.07 Å². The number of phenols is 2. The van der Waals surface area contributed by atoms with Crippen molar-refractivity contribution in [3.05, 3.63) is 48.1 Å². The van der Waals surface area contributed by atoms with Crippen LogP contribution in [0.15, 0.2) is 36.8 Å². The number of hydrogen-bond acceptors (Lipinski definition) is 3. The minimum Gasteiger partial charge on any atom is -0.508 e. The molecule has 2 rings (SSSR count). The second-order valence-corrected chi connectivity index (χ2v) is 3.43. The molecule has 0 spiro atoms. The second-order valence-electron chi connectivity index (χ2n) is 3.43. The lowest BCUT2D eigenvalue weighted by atomic mass is 10.1. The van der Waals surface area contributed by atoms with Crippen LogP contribution in [0.1, 0.15) is 11.3 Å². The monoisotopic (exact) mass is 216 g/mol. The highest BCUT2D eigenvalue weighted by Crippen LogP contribution is 2.23. The Morgan fingerprint density at radius 2 is 2.19 bits per heavy atom. The number of hydrogen-bond donors (Lipinski definition) is 3. The van der Waals surface area contributed by atoms with E-state index in [4.69, 9.17) is 5.11 Å². The molecule has 0 aliphatic carbocycles. The first-order valence-corrected chi connectivity index (χ1v) is 4.91. The van der Waals surface area contributed by atoms with Gasteiger partial charge < -0.3 is 15.2 Å². The maximum Gasteiger partial charge on any atom is 0.122 e. The Morgan fingerprint density at radius 3 is 2.88 bits per heavy atom. The molecule has 0 amide bonds. The Hall–Kier alpha value is -2.23. The van der Waals surface area contributed by atoms with Crippen molar-refractivity contribution in [2.45, 2.75) is 6.42 Å². The van der Waals surface area contributed by atoms with Gasteiger partial charge in [-0.05, 0) is 24.1 Å². The van der Waals surface area contributed by atoms with E-state index in [2.05, 4.69) is 9.97 Å². The molecule has 0 aliphatic heterocycles. The van der Waals surface area contributed by atoms with Crippen molar-refractivity contribution >= 4 is 6.08 Å². The van der Waals surface area contributed by atoms with Gasteiger partial charge in [-0.15, -0.1) is 0 Å². The minimum atomic E-state index is 0.0683. The smallest absolute Gasteiger partial charge is 0.122 e. The van der Waals surface area contributed by atoms with E-state index in [-0.39, 0.29) is 11.5 Å². The fraction of sp³-hybridized carbons (Fsp3) is 0.0833. The Kier molecular flexibility index (Phi) is 2.91. The molecule has 0 atom stereocenters. The van der Waals surface area contributed by atoms with Crippen molar-refractivity contribution in [2.75, 3.05) is 0 Å². The van der Waals surface area contributed by atoms with Gasteiger partial charge in [0.1, 0.15) is 11.5 Å². The molecule has 0 bridgehead atoms. The summed E-state index contributed by atoms with van der Waals surface area (Å²) in [6, 6.07) is 4.58. The molecule has 0 saturated heterocycles. The number of nitrogens with one attached hydrogen (secondary N) is 1. The summed E-state index contributed by atoms with van der Waals surface area (Å²) < 4.78 is 0. The number of aromatic nitrogens is 2. The Balaban J connectivity index is 2.05. The van der Waals surface area contributed by atoms with Gasteiger partial charge in [0.15, 0.2) is 0 Å². The molecule has 0 saturated carbocycles. The van der Waals surface area contributed by atoms with Gasteiger partial charge >= 0.3 is 0 Å². The van der Waals surface area contributed by atoms with E-state index in [1.54, 1.807) is 24.7 Å². The zero-order valence-corrected chi connectivity index (χ0v) is 8.59.